The van der Waals surface area contributed by atoms with E-state index in [9.17, 15) is 4.79 Å². The maximum Gasteiger partial charge on any atom is 0.238 e. The molecule has 116 valence electrons. The van der Waals surface area contributed by atoms with Gasteiger partial charge in [-0.05, 0) is 64.1 Å². The normalized spacial score (nSPS) is 34.7. The quantitative estimate of drug-likeness (QED) is 0.747. The lowest BCUT2D eigenvalue weighted by Crippen LogP contribution is -2.56. The van der Waals surface area contributed by atoms with Crippen LogP contribution in [0.4, 0.5) is 0 Å². The second kappa shape index (κ2) is 6.90. The fourth-order valence-corrected chi connectivity index (χ4v) is 4.34. The molecule has 1 saturated heterocycles. The molecule has 0 bridgehead atoms. The summed E-state index contributed by atoms with van der Waals surface area (Å²) in [5, 5.41) is 3.24. The van der Waals surface area contributed by atoms with Gasteiger partial charge in [-0.2, -0.15) is 0 Å². The molecule has 3 atom stereocenters. The van der Waals surface area contributed by atoms with E-state index in [-0.39, 0.29) is 5.91 Å². The van der Waals surface area contributed by atoms with Crippen molar-refractivity contribution >= 4 is 5.91 Å². The fourth-order valence-electron chi connectivity index (χ4n) is 4.34. The lowest BCUT2D eigenvalue weighted by Gasteiger charge is -2.33. The molecule has 0 spiro atoms. The predicted octanol–water partition coefficient (Wildman–Crippen LogP) is 1.74. The molecule has 0 aromatic heterocycles. The Morgan fingerprint density at radius 3 is 2.85 bits per heavy atom. The highest BCUT2D eigenvalue weighted by molar-refractivity contribution is 5.85. The Morgan fingerprint density at radius 2 is 2.20 bits per heavy atom. The third kappa shape index (κ3) is 3.17. The minimum absolute atomic E-state index is 0.159. The minimum Gasteiger partial charge on any atom is -0.368 e. The summed E-state index contributed by atoms with van der Waals surface area (Å²) in [5.74, 6) is 1.15. The van der Waals surface area contributed by atoms with Gasteiger partial charge in [-0.15, -0.1) is 0 Å². The summed E-state index contributed by atoms with van der Waals surface area (Å²) in [5.41, 5.74) is 5.22. The predicted molar refractivity (Wildman–Crippen MR) is 82.4 cm³/mol. The number of primary amides is 1. The van der Waals surface area contributed by atoms with Crippen molar-refractivity contribution in [1.29, 1.82) is 0 Å². The smallest absolute Gasteiger partial charge is 0.238 e. The summed E-state index contributed by atoms with van der Waals surface area (Å²) in [6.07, 6.45) is 8.27. The van der Waals surface area contributed by atoms with Crippen LogP contribution >= 0.6 is 0 Å². The van der Waals surface area contributed by atoms with Crippen LogP contribution in [0.3, 0.4) is 0 Å². The van der Waals surface area contributed by atoms with Gasteiger partial charge in [0.05, 0.1) is 0 Å². The summed E-state index contributed by atoms with van der Waals surface area (Å²) in [6.45, 7) is 5.89. The molecule has 1 heterocycles. The average molecular weight is 281 g/mol. The maximum absolute atomic E-state index is 11.8. The first-order valence-electron chi connectivity index (χ1n) is 8.33. The first kappa shape index (κ1) is 15.8. The SMILES string of the molecule is CCCC1CCN(CCC2CCCC2(NC)C(N)=O)C1. The molecule has 0 radical (unpaired) electrons. The fraction of sp³-hybridized carbons (Fsp3) is 0.938. The van der Waals surface area contributed by atoms with E-state index >= 15 is 0 Å². The van der Waals surface area contributed by atoms with Crippen LogP contribution in [0.5, 0.6) is 0 Å². The van der Waals surface area contributed by atoms with Gasteiger partial charge >= 0.3 is 0 Å². The van der Waals surface area contributed by atoms with Crippen molar-refractivity contribution in [3.63, 3.8) is 0 Å². The maximum atomic E-state index is 11.8. The lowest BCUT2D eigenvalue weighted by molar-refractivity contribution is -0.125. The van der Waals surface area contributed by atoms with Crippen LogP contribution in [0.25, 0.3) is 0 Å². The number of rotatable bonds is 7. The molecule has 1 aliphatic carbocycles. The number of amides is 1. The largest absolute Gasteiger partial charge is 0.368 e. The topological polar surface area (TPSA) is 58.4 Å². The van der Waals surface area contributed by atoms with Crippen molar-refractivity contribution in [2.24, 2.45) is 17.6 Å². The molecule has 2 fully saturated rings. The third-order valence-electron chi connectivity index (χ3n) is 5.57. The Morgan fingerprint density at radius 1 is 1.40 bits per heavy atom. The zero-order valence-electron chi connectivity index (χ0n) is 13.2. The molecule has 4 nitrogen and oxygen atoms in total. The van der Waals surface area contributed by atoms with E-state index in [0.717, 1.165) is 38.1 Å². The molecule has 1 saturated carbocycles. The van der Waals surface area contributed by atoms with Crippen molar-refractivity contribution in [1.82, 2.24) is 10.2 Å². The molecule has 3 N–H and O–H groups in total. The molecule has 1 amide bonds. The van der Waals surface area contributed by atoms with E-state index in [1.807, 2.05) is 7.05 Å². The first-order chi connectivity index (χ1) is 9.62. The van der Waals surface area contributed by atoms with Crippen molar-refractivity contribution < 1.29 is 4.79 Å². The van der Waals surface area contributed by atoms with Crippen LogP contribution in [0.1, 0.15) is 51.9 Å². The number of nitrogens with one attached hydrogen (secondary N) is 1. The van der Waals surface area contributed by atoms with Crippen LogP contribution < -0.4 is 11.1 Å². The van der Waals surface area contributed by atoms with Gasteiger partial charge < -0.3 is 16.0 Å². The molecule has 20 heavy (non-hydrogen) atoms. The molecule has 3 unspecified atom stereocenters. The van der Waals surface area contributed by atoms with Crippen molar-refractivity contribution in [2.75, 3.05) is 26.7 Å². The molecule has 2 rings (SSSR count). The van der Waals surface area contributed by atoms with Gasteiger partial charge in [0.25, 0.3) is 0 Å². The van der Waals surface area contributed by atoms with Crippen LogP contribution in [0, 0.1) is 11.8 Å². The van der Waals surface area contributed by atoms with Crippen molar-refractivity contribution in [3.05, 3.63) is 0 Å². The van der Waals surface area contributed by atoms with E-state index < -0.39 is 5.54 Å². The first-order valence-corrected chi connectivity index (χ1v) is 8.33. The Hall–Kier alpha value is -0.610. The molecule has 1 aliphatic heterocycles. The average Bonchev–Trinajstić information content (AvgIpc) is 3.03. The molecule has 4 heteroatoms. The highest BCUT2D eigenvalue weighted by Gasteiger charge is 2.46. The molecule has 0 aromatic rings. The minimum atomic E-state index is -0.442. The number of hydrogen-bond acceptors (Lipinski definition) is 3. The van der Waals surface area contributed by atoms with Gasteiger partial charge in [0, 0.05) is 6.54 Å². The second-order valence-electron chi connectivity index (χ2n) is 6.71. The number of likely N-dealkylation sites (N-methyl/N-ethyl adjacent to an activating group) is 1. The van der Waals surface area contributed by atoms with E-state index in [0.29, 0.717) is 5.92 Å². The molecule has 0 aromatic carbocycles. The Kier molecular flexibility index (Phi) is 5.44. The van der Waals surface area contributed by atoms with Gasteiger partial charge in [-0.25, -0.2) is 0 Å². The van der Waals surface area contributed by atoms with E-state index in [1.165, 1.54) is 32.4 Å². The second-order valence-corrected chi connectivity index (χ2v) is 6.71. The van der Waals surface area contributed by atoms with Gasteiger partial charge in [0.2, 0.25) is 5.91 Å². The van der Waals surface area contributed by atoms with Crippen molar-refractivity contribution in [3.8, 4) is 0 Å². The zero-order chi connectivity index (χ0) is 14.6. The van der Waals surface area contributed by atoms with Gasteiger partial charge in [0.1, 0.15) is 5.54 Å². The highest BCUT2D eigenvalue weighted by atomic mass is 16.1. The lowest BCUT2D eigenvalue weighted by atomic mass is 9.84. The monoisotopic (exact) mass is 281 g/mol. The van der Waals surface area contributed by atoms with Gasteiger partial charge in [-0.3, -0.25) is 4.79 Å². The number of carbonyl (C=O) groups excluding carboxylic acids is 1. The van der Waals surface area contributed by atoms with Crippen molar-refractivity contribution in [2.45, 2.75) is 57.4 Å². The zero-order valence-corrected chi connectivity index (χ0v) is 13.2. The number of hydrogen-bond donors (Lipinski definition) is 2. The van der Waals surface area contributed by atoms with E-state index in [4.69, 9.17) is 5.73 Å². The third-order valence-corrected chi connectivity index (χ3v) is 5.57. The van der Waals surface area contributed by atoms with Crippen LogP contribution in [-0.2, 0) is 4.79 Å². The summed E-state index contributed by atoms with van der Waals surface area (Å²) >= 11 is 0. The van der Waals surface area contributed by atoms with Crippen LogP contribution in [0.2, 0.25) is 0 Å². The molecular weight excluding hydrogens is 250 g/mol. The standard InChI is InChI=1S/C16H31N3O/c1-3-5-13-7-10-19(12-13)11-8-14-6-4-9-16(14,18-2)15(17)20/h13-14,18H,3-12H2,1-2H3,(H2,17,20). The van der Waals surface area contributed by atoms with Gasteiger partial charge in [-0.1, -0.05) is 19.8 Å². The number of likely N-dealkylation sites (tertiary alicyclic amines) is 1. The summed E-state index contributed by atoms with van der Waals surface area (Å²) in [7, 11) is 1.89. The van der Waals surface area contributed by atoms with E-state index in [1.54, 1.807) is 0 Å². The highest BCUT2D eigenvalue weighted by Crippen LogP contribution is 2.38. The van der Waals surface area contributed by atoms with E-state index in [2.05, 4.69) is 17.1 Å². The van der Waals surface area contributed by atoms with Gasteiger partial charge in [0.15, 0.2) is 0 Å². The summed E-state index contributed by atoms with van der Waals surface area (Å²) in [6, 6.07) is 0. The Balaban J connectivity index is 1.83. The van der Waals surface area contributed by atoms with Crippen LogP contribution in [-0.4, -0.2) is 43.0 Å². The Labute approximate surface area is 123 Å². The summed E-state index contributed by atoms with van der Waals surface area (Å²) in [4.78, 5) is 14.4. The van der Waals surface area contributed by atoms with Crippen LogP contribution in [0.15, 0.2) is 0 Å². The number of carbonyl (C=O) groups is 1. The number of nitrogens with two attached hydrogens (primary N) is 1. The molecular formula is C16H31N3O. The number of nitrogens with zero attached hydrogens (tertiary/aromatic N) is 1. The summed E-state index contributed by atoms with van der Waals surface area (Å²) < 4.78 is 0. The molecule has 2 aliphatic rings. The Bertz CT molecular complexity index is 334.